The van der Waals surface area contributed by atoms with Gasteiger partial charge in [-0.25, -0.2) is 0 Å². The van der Waals surface area contributed by atoms with Crippen LogP contribution in [-0.4, -0.2) is 58.5 Å². The molecule has 5 nitrogen and oxygen atoms in total. The molecule has 5 heteroatoms. The Morgan fingerprint density at radius 1 is 0.967 bits per heavy atom. The lowest BCUT2D eigenvalue weighted by Gasteiger charge is -2.38. The second kappa shape index (κ2) is 9.27. The first-order valence-corrected chi connectivity index (χ1v) is 11.0. The first-order valence-electron chi connectivity index (χ1n) is 11.0. The molecule has 2 aromatic carbocycles. The predicted molar refractivity (Wildman–Crippen MR) is 121 cm³/mol. The zero-order chi connectivity index (χ0) is 21.1. The molecule has 30 heavy (non-hydrogen) atoms. The van der Waals surface area contributed by atoms with E-state index in [-0.39, 0.29) is 6.10 Å². The zero-order valence-electron chi connectivity index (χ0n) is 18.7. The molecule has 0 saturated carbocycles. The van der Waals surface area contributed by atoms with Crippen LogP contribution in [0, 0.1) is 6.92 Å². The Hall–Kier alpha value is -2.24. The number of para-hydroxylation sites is 1. The van der Waals surface area contributed by atoms with Crippen LogP contribution >= 0.6 is 0 Å². The van der Waals surface area contributed by atoms with E-state index in [9.17, 15) is 0 Å². The summed E-state index contributed by atoms with van der Waals surface area (Å²) in [5, 5.41) is 0. The maximum Gasteiger partial charge on any atom is 0.161 e. The van der Waals surface area contributed by atoms with Crippen LogP contribution in [0.25, 0.3) is 0 Å². The van der Waals surface area contributed by atoms with E-state index < -0.39 is 0 Å². The molecular weight excluding hydrogens is 376 g/mol. The SMILES string of the molecule is COc1cc2c(cc1OC)C(CCN1CCN(c3ccccc3C)CC1)OCC2C. The number of rotatable bonds is 6. The Morgan fingerprint density at radius 2 is 1.63 bits per heavy atom. The number of aryl methyl sites for hydroxylation is 1. The Labute approximate surface area is 180 Å². The highest BCUT2D eigenvalue weighted by Crippen LogP contribution is 2.42. The average molecular weight is 411 g/mol. The number of anilines is 1. The third kappa shape index (κ3) is 4.28. The standard InChI is InChI=1S/C25H34N2O3/c1-18-7-5-6-8-22(18)27-13-11-26(12-14-27)10-9-23-21-16-25(29-4)24(28-3)15-20(21)19(2)17-30-23/h5-8,15-16,19,23H,9-14,17H2,1-4H3. The van der Waals surface area contributed by atoms with Crippen molar-refractivity contribution >= 4 is 5.69 Å². The van der Waals surface area contributed by atoms with E-state index >= 15 is 0 Å². The summed E-state index contributed by atoms with van der Waals surface area (Å²) >= 11 is 0. The van der Waals surface area contributed by atoms with Gasteiger partial charge in [0, 0.05) is 44.3 Å². The van der Waals surface area contributed by atoms with Crippen molar-refractivity contribution in [2.24, 2.45) is 0 Å². The van der Waals surface area contributed by atoms with E-state index in [1.54, 1.807) is 14.2 Å². The van der Waals surface area contributed by atoms with Gasteiger partial charge in [0.1, 0.15) is 0 Å². The number of hydrogen-bond donors (Lipinski definition) is 0. The number of piperazine rings is 1. The summed E-state index contributed by atoms with van der Waals surface area (Å²) in [6.45, 7) is 10.6. The topological polar surface area (TPSA) is 34.2 Å². The molecule has 0 aliphatic carbocycles. The maximum atomic E-state index is 6.25. The van der Waals surface area contributed by atoms with Crippen molar-refractivity contribution in [1.82, 2.24) is 4.90 Å². The van der Waals surface area contributed by atoms with E-state index in [4.69, 9.17) is 14.2 Å². The zero-order valence-corrected chi connectivity index (χ0v) is 18.7. The van der Waals surface area contributed by atoms with Gasteiger partial charge in [-0.15, -0.1) is 0 Å². The van der Waals surface area contributed by atoms with Crippen molar-refractivity contribution in [2.75, 3.05) is 58.5 Å². The first kappa shape index (κ1) is 21.0. The third-order valence-electron chi connectivity index (χ3n) is 6.55. The molecule has 2 aliphatic heterocycles. The van der Waals surface area contributed by atoms with Gasteiger partial charge >= 0.3 is 0 Å². The quantitative estimate of drug-likeness (QED) is 0.705. The highest BCUT2D eigenvalue weighted by molar-refractivity contribution is 5.53. The second-order valence-electron chi connectivity index (χ2n) is 8.46. The van der Waals surface area contributed by atoms with Gasteiger partial charge in [0.05, 0.1) is 26.9 Å². The van der Waals surface area contributed by atoms with Crippen molar-refractivity contribution in [3.63, 3.8) is 0 Å². The Morgan fingerprint density at radius 3 is 2.30 bits per heavy atom. The first-order chi connectivity index (χ1) is 14.6. The lowest BCUT2D eigenvalue weighted by atomic mass is 9.88. The number of ether oxygens (including phenoxy) is 3. The van der Waals surface area contributed by atoms with Gasteiger partial charge in [0.25, 0.3) is 0 Å². The molecule has 2 unspecified atom stereocenters. The molecule has 2 aromatic rings. The molecule has 1 saturated heterocycles. The third-order valence-corrected chi connectivity index (χ3v) is 6.55. The molecule has 1 fully saturated rings. The molecule has 0 amide bonds. The summed E-state index contributed by atoms with van der Waals surface area (Å²) < 4.78 is 17.3. The molecule has 0 bridgehead atoms. The lowest BCUT2D eigenvalue weighted by molar-refractivity contribution is 0.0180. The van der Waals surface area contributed by atoms with Gasteiger partial charge < -0.3 is 19.1 Å². The number of nitrogens with zero attached hydrogens (tertiary/aromatic N) is 2. The molecule has 0 aromatic heterocycles. The van der Waals surface area contributed by atoms with Gasteiger partial charge in [-0.3, -0.25) is 4.90 Å². The van der Waals surface area contributed by atoms with Crippen LogP contribution in [0.5, 0.6) is 11.5 Å². The largest absolute Gasteiger partial charge is 0.493 e. The van der Waals surface area contributed by atoms with Crippen LogP contribution in [0.1, 0.15) is 42.1 Å². The summed E-state index contributed by atoms with van der Waals surface area (Å²) in [7, 11) is 3.39. The Balaban J connectivity index is 1.38. The van der Waals surface area contributed by atoms with Gasteiger partial charge in [0.15, 0.2) is 11.5 Å². The number of benzene rings is 2. The van der Waals surface area contributed by atoms with Crippen molar-refractivity contribution in [1.29, 1.82) is 0 Å². The van der Waals surface area contributed by atoms with E-state index in [1.807, 2.05) is 0 Å². The molecule has 2 aliphatic rings. The van der Waals surface area contributed by atoms with E-state index in [1.165, 1.54) is 22.4 Å². The van der Waals surface area contributed by atoms with Crippen molar-refractivity contribution in [3.05, 3.63) is 53.1 Å². The smallest absolute Gasteiger partial charge is 0.161 e. The van der Waals surface area contributed by atoms with Crippen LogP contribution in [0.3, 0.4) is 0 Å². The minimum atomic E-state index is 0.116. The molecule has 2 heterocycles. The normalized spacial score (nSPS) is 21.9. The van der Waals surface area contributed by atoms with Crippen molar-refractivity contribution in [2.45, 2.75) is 32.3 Å². The summed E-state index contributed by atoms with van der Waals surface area (Å²) in [5.41, 5.74) is 5.31. The highest BCUT2D eigenvalue weighted by atomic mass is 16.5. The van der Waals surface area contributed by atoms with Crippen LogP contribution in [0.4, 0.5) is 5.69 Å². The fraction of sp³-hybridized carbons (Fsp3) is 0.520. The van der Waals surface area contributed by atoms with Crippen LogP contribution in [0.2, 0.25) is 0 Å². The van der Waals surface area contributed by atoms with E-state index in [0.717, 1.165) is 57.3 Å². The summed E-state index contributed by atoms with van der Waals surface area (Å²) in [6, 6.07) is 12.9. The highest BCUT2D eigenvalue weighted by Gasteiger charge is 2.28. The second-order valence-corrected chi connectivity index (χ2v) is 8.46. The number of fused-ring (bicyclic) bond motifs is 1. The molecule has 0 radical (unpaired) electrons. The minimum Gasteiger partial charge on any atom is -0.493 e. The van der Waals surface area contributed by atoms with Gasteiger partial charge in [-0.1, -0.05) is 25.1 Å². The lowest BCUT2D eigenvalue weighted by Crippen LogP contribution is -2.47. The van der Waals surface area contributed by atoms with E-state index in [0.29, 0.717) is 5.92 Å². The van der Waals surface area contributed by atoms with Gasteiger partial charge in [-0.05, 0) is 48.2 Å². The molecular formula is C25H34N2O3. The maximum absolute atomic E-state index is 6.25. The van der Waals surface area contributed by atoms with Crippen LogP contribution < -0.4 is 14.4 Å². The minimum absolute atomic E-state index is 0.116. The summed E-state index contributed by atoms with van der Waals surface area (Å²) in [4.78, 5) is 5.08. The predicted octanol–water partition coefficient (Wildman–Crippen LogP) is 4.40. The number of hydrogen-bond acceptors (Lipinski definition) is 5. The van der Waals surface area contributed by atoms with Gasteiger partial charge in [0.2, 0.25) is 0 Å². The van der Waals surface area contributed by atoms with Crippen molar-refractivity contribution in [3.8, 4) is 11.5 Å². The molecule has 4 rings (SSSR count). The summed E-state index contributed by atoms with van der Waals surface area (Å²) in [6.07, 6.45) is 1.12. The molecule has 162 valence electrons. The molecule has 0 N–H and O–H groups in total. The molecule has 2 atom stereocenters. The number of methoxy groups -OCH3 is 2. The van der Waals surface area contributed by atoms with Crippen LogP contribution in [-0.2, 0) is 4.74 Å². The Bertz CT molecular complexity index is 861. The molecule has 0 spiro atoms. The van der Waals surface area contributed by atoms with Gasteiger partial charge in [-0.2, -0.15) is 0 Å². The Kier molecular flexibility index (Phi) is 6.49. The van der Waals surface area contributed by atoms with E-state index in [2.05, 4.69) is 60.0 Å². The summed E-state index contributed by atoms with van der Waals surface area (Å²) in [5.74, 6) is 1.95. The monoisotopic (exact) mass is 410 g/mol. The van der Waals surface area contributed by atoms with Crippen LogP contribution in [0.15, 0.2) is 36.4 Å². The average Bonchev–Trinajstić information content (AvgIpc) is 2.78. The fourth-order valence-corrected chi connectivity index (χ4v) is 4.73. The van der Waals surface area contributed by atoms with Crippen molar-refractivity contribution < 1.29 is 14.2 Å². The fourth-order valence-electron chi connectivity index (χ4n) is 4.73.